The summed E-state index contributed by atoms with van der Waals surface area (Å²) in [5.41, 5.74) is 0. The second-order valence-electron chi connectivity index (χ2n) is 5.50. The van der Waals surface area contributed by atoms with Crippen LogP contribution in [0.4, 0.5) is 0 Å². The number of rotatable bonds is 3. The van der Waals surface area contributed by atoms with Gasteiger partial charge in [-0.15, -0.1) is 0 Å². The van der Waals surface area contributed by atoms with E-state index in [0.717, 1.165) is 18.6 Å². The third-order valence-electron chi connectivity index (χ3n) is 4.35. The quantitative estimate of drug-likeness (QED) is 0.736. The van der Waals surface area contributed by atoms with Gasteiger partial charge in [-0.3, -0.25) is 9.80 Å². The third kappa shape index (κ3) is 2.05. The minimum absolute atomic E-state index is 0.384. The fourth-order valence-electron chi connectivity index (χ4n) is 3.18. The Morgan fingerprint density at radius 3 is 2.27 bits per heavy atom. The van der Waals surface area contributed by atoms with Gasteiger partial charge in [-0.05, 0) is 38.1 Å². The molecule has 86 valence electrons. The van der Waals surface area contributed by atoms with Crippen molar-refractivity contribution in [1.29, 1.82) is 0 Å². The Morgan fingerprint density at radius 2 is 1.60 bits per heavy atom. The van der Waals surface area contributed by atoms with E-state index in [0.29, 0.717) is 12.5 Å². The Labute approximate surface area is 92.1 Å². The fraction of sp³-hybridized carbons (Fsp3) is 1.00. The number of hydrogen-bond donors (Lipinski definition) is 1. The molecule has 0 aromatic heterocycles. The molecule has 2 unspecified atom stereocenters. The van der Waals surface area contributed by atoms with E-state index in [2.05, 4.69) is 9.80 Å². The summed E-state index contributed by atoms with van der Waals surface area (Å²) in [4.78, 5) is 5.29. The van der Waals surface area contributed by atoms with Gasteiger partial charge in [0, 0.05) is 38.3 Å². The number of nitrogens with zero attached hydrogens (tertiary/aromatic N) is 2. The highest BCUT2D eigenvalue weighted by molar-refractivity contribution is 4.94. The Balaban J connectivity index is 1.51. The zero-order valence-electron chi connectivity index (χ0n) is 9.44. The SMILES string of the molecule is OCC1CCN(C2CCN(C3CC3)C2)C1. The molecule has 0 radical (unpaired) electrons. The maximum Gasteiger partial charge on any atom is 0.0471 e. The first kappa shape index (κ1) is 10.1. The lowest BCUT2D eigenvalue weighted by molar-refractivity contribution is 0.194. The molecule has 1 N–H and O–H groups in total. The van der Waals surface area contributed by atoms with Gasteiger partial charge in [-0.1, -0.05) is 0 Å². The van der Waals surface area contributed by atoms with E-state index in [1.54, 1.807) is 0 Å². The monoisotopic (exact) mass is 210 g/mol. The van der Waals surface area contributed by atoms with Crippen LogP contribution in [0.2, 0.25) is 0 Å². The summed E-state index contributed by atoms with van der Waals surface area (Å²) >= 11 is 0. The minimum Gasteiger partial charge on any atom is -0.396 e. The molecule has 1 saturated carbocycles. The standard InChI is InChI=1S/C12H22N2O/c15-9-10-3-5-13(7-10)12-4-6-14(8-12)11-1-2-11/h10-12,15H,1-9H2. The van der Waals surface area contributed by atoms with Gasteiger partial charge < -0.3 is 5.11 Å². The van der Waals surface area contributed by atoms with E-state index in [1.807, 2.05) is 0 Å². The van der Waals surface area contributed by atoms with Crippen molar-refractivity contribution >= 4 is 0 Å². The Kier molecular flexibility index (Phi) is 2.71. The topological polar surface area (TPSA) is 26.7 Å². The lowest BCUT2D eigenvalue weighted by Gasteiger charge is -2.24. The van der Waals surface area contributed by atoms with Crippen molar-refractivity contribution in [3.05, 3.63) is 0 Å². The van der Waals surface area contributed by atoms with Gasteiger partial charge in [-0.2, -0.15) is 0 Å². The first-order chi connectivity index (χ1) is 7.36. The molecule has 3 rings (SSSR count). The van der Waals surface area contributed by atoms with Crippen LogP contribution in [0.25, 0.3) is 0 Å². The van der Waals surface area contributed by atoms with Crippen molar-refractivity contribution in [3.63, 3.8) is 0 Å². The first-order valence-electron chi connectivity index (χ1n) is 6.46. The predicted molar refractivity (Wildman–Crippen MR) is 59.8 cm³/mol. The lowest BCUT2D eigenvalue weighted by Crippen LogP contribution is -2.36. The average Bonchev–Trinajstić information content (AvgIpc) is 2.84. The van der Waals surface area contributed by atoms with E-state index in [9.17, 15) is 0 Å². The van der Waals surface area contributed by atoms with Gasteiger partial charge >= 0.3 is 0 Å². The number of aliphatic hydroxyl groups excluding tert-OH is 1. The lowest BCUT2D eigenvalue weighted by atomic mass is 10.1. The normalized spacial score (nSPS) is 39.0. The summed E-state index contributed by atoms with van der Waals surface area (Å²) < 4.78 is 0. The van der Waals surface area contributed by atoms with E-state index in [-0.39, 0.29) is 0 Å². The van der Waals surface area contributed by atoms with Crippen molar-refractivity contribution in [1.82, 2.24) is 9.80 Å². The predicted octanol–water partition coefficient (Wildman–Crippen LogP) is 0.537. The van der Waals surface area contributed by atoms with Crippen LogP contribution in [-0.2, 0) is 0 Å². The van der Waals surface area contributed by atoms with E-state index >= 15 is 0 Å². The molecule has 2 aliphatic heterocycles. The van der Waals surface area contributed by atoms with E-state index in [1.165, 1.54) is 45.3 Å². The van der Waals surface area contributed by atoms with Crippen LogP contribution in [0.15, 0.2) is 0 Å². The summed E-state index contributed by atoms with van der Waals surface area (Å²) in [7, 11) is 0. The molecule has 15 heavy (non-hydrogen) atoms. The van der Waals surface area contributed by atoms with Crippen LogP contribution >= 0.6 is 0 Å². The number of aliphatic hydroxyl groups is 1. The maximum absolute atomic E-state index is 9.14. The molecule has 3 heteroatoms. The van der Waals surface area contributed by atoms with Gasteiger partial charge in [0.05, 0.1) is 0 Å². The molecule has 2 heterocycles. The van der Waals surface area contributed by atoms with Gasteiger partial charge in [0.15, 0.2) is 0 Å². The summed E-state index contributed by atoms with van der Waals surface area (Å²) in [5.74, 6) is 0.556. The zero-order valence-corrected chi connectivity index (χ0v) is 9.44. The fourth-order valence-corrected chi connectivity index (χ4v) is 3.18. The molecule has 3 fully saturated rings. The molecule has 0 amide bonds. The van der Waals surface area contributed by atoms with Crippen molar-refractivity contribution in [2.45, 2.75) is 37.8 Å². The van der Waals surface area contributed by atoms with Gasteiger partial charge in [0.1, 0.15) is 0 Å². The average molecular weight is 210 g/mol. The molecule has 2 saturated heterocycles. The number of hydrogen-bond acceptors (Lipinski definition) is 3. The van der Waals surface area contributed by atoms with Crippen LogP contribution in [0.3, 0.4) is 0 Å². The van der Waals surface area contributed by atoms with Crippen molar-refractivity contribution < 1.29 is 5.11 Å². The number of likely N-dealkylation sites (tertiary alicyclic amines) is 2. The maximum atomic E-state index is 9.14. The Hall–Kier alpha value is -0.120. The van der Waals surface area contributed by atoms with Gasteiger partial charge in [-0.25, -0.2) is 0 Å². The molecule has 0 bridgehead atoms. The van der Waals surface area contributed by atoms with Crippen molar-refractivity contribution in [2.75, 3.05) is 32.8 Å². The summed E-state index contributed by atoms with van der Waals surface area (Å²) in [6, 6.07) is 1.73. The van der Waals surface area contributed by atoms with E-state index < -0.39 is 0 Å². The third-order valence-corrected chi connectivity index (χ3v) is 4.35. The molecule has 3 aliphatic rings. The second-order valence-corrected chi connectivity index (χ2v) is 5.50. The Bertz CT molecular complexity index is 230. The molecular formula is C12H22N2O. The van der Waals surface area contributed by atoms with Crippen LogP contribution in [0.1, 0.15) is 25.7 Å². The summed E-state index contributed by atoms with van der Waals surface area (Å²) in [5, 5.41) is 9.14. The molecule has 0 spiro atoms. The molecule has 0 aromatic carbocycles. The summed E-state index contributed by atoms with van der Waals surface area (Å²) in [6.45, 7) is 5.35. The molecule has 2 atom stereocenters. The highest BCUT2D eigenvalue weighted by Gasteiger charge is 2.37. The van der Waals surface area contributed by atoms with Crippen molar-refractivity contribution in [3.8, 4) is 0 Å². The van der Waals surface area contributed by atoms with Crippen LogP contribution in [-0.4, -0.2) is 59.8 Å². The van der Waals surface area contributed by atoms with Crippen molar-refractivity contribution in [2.24, 2.45) is 5.92 Å². The van der Waals surface area contributed by atoms with E-state index in [4.69, 9.17) is 5.11 Å². The van der Waals surface area contributed by atoms with Gasteiger partial charge in [0.2, 0.25) is 0 Å². The highest BCUT2D eigenvalue weighted by atomic mass is 16.3. The minimum atomic E-state index is 0.384. The smallest absolute Gasteiger partial charge is 0.0471 e. The van der Waals surface area contributed by atoms with Crippen LogP contribution in [0, 0.1) is 5.92 Å². The highest BCUT2D eigenvalue weighted by Crippen LogP contribution is 2.32. The van der Waals surface area contributed by atoms with Crippen LogP contribution in [0.5, 0.6) is 0 Å². The zero-order chi connectivity index (χ0) is 10.3. The molecule has 0 aromatic rings. The molecular weight excluding hydrogens is 188 g/mol. The summed E-state index contributed by atoms with van der Waals surface area (Å²) in [6.07, 6.45) is 5.43. The molecule has 3 nitrogen and oxygen atoms in total. The largest absolute Gasteiger partial charge is 0.396 e. The molecule has 1 aliphatic carbocycles. The second kappa shape index (κ2) is 4.04. The van der Waals surface area contributed by atoms with Crippen LogP contribution < -0.4 is 0 Å². The van der Waals surface area contributed by atoms with Gasteiger partial charge in [0.25, 0.3) is 0 Å². The first-order valence-corrected chi connectivity index (χ1v) is 6.46. The Morgan fingerprint density at radius 1 is 0.867 bits per heavy atom.